The zero-order valence-electron chi connectivity index (χ0n) is 13.9. The fourth-order valence-corrected chi connectivity index (χ4v) is 3.00. The smallest absolute Gasteiger partial charge is 0.312 e. The van der Waals surface area contributed by atoms with Crippen LogP contribution < -0.4 is 5.32 Å². The molecule has 1 atom stereocenters. The van der Waals surface area contributed by atoms with Gasteiger partial charge in [-0.15, -0.1) is 0 Å². The van der Waals surface area contributed by atoms with Crippen LogP contribution in [-0.4, -0.2) is 30.4 Å². The van der Waals surface area contributed by atoms with Crippen molar-refractivity contribution in [1.29, 1.82) is 0 Å². The molecule has 130 valence electrons. The number of nitrogens with zero attached hydrogens (tertiary/aromatic N) is 5. The minimum atomic E-state index is -0.658. The summed E-state index contributed by atoms with van der Waals surface area (Å²) in [6, 6.07) is -0.658. The van der Waals surface area contributed by atoms with Gasteiger partial charge >= 0.3 is 5.69 Å². The zero-order chi connectivity index (χ0) is 18.0. The van der Waals surface area contributed by atoms with Crippen molar-refractivity contribution in [2.24, 2.45) is 0 Å². The maximum Gasteiger partial charge on any atom is 0.312 e. The van der Waals surface area contributed by atoms with Gasteiger partial charge in [0, 0.05) is 6.54 Å². The molecule has 0 spiro atoms. The molecular weight excluding hydrogens is 380 g/mol. The van der Waals surface area contributed by atoms with Gasteiger partial charge in [-0.3, -0.25) is 24.3 Å². The van der Waals surface area contributed by atoms with Gasteiger partial charge in [-0.05, 0) is 43.6 Å². The number of nitro groups is 1. The summed E-state index contributed by atoms with van der Waals surface area (Å²) in [7, 11) is 0. The summed E-state index contributed by atoms with van der Waals surface area (Å²) in [5.41, 5.74) is 1.46. The van der Waals surface area contributed by atoms with Crippen molar-refractivity contribution in [3.8, 4) is 0 Å². The SMILES string of the molecule is CCn1ncc(Br)c1CNC(=O)C(C)n1nc(C)c([N+](=O)[O-])c1C. The largest absolute Gasteiger partial charge is 0.349 e. The Bertz CT molecular complexity index is 782. The average Bonchev–Trinajstić information content (AvgIpc) is 3.03. The van der Waals surface area contributed by atoms with Crippen LogP contribution in [0.4, 0.5) is 5.69 Å². The quantitative estimate of drug-likeness (QED) is 0.592. The zero-order valence-corrected chi connectivity index (χ0v) is 15.5. The van der Waals surface area contributed by atoms with Crippen LogP contribution in [0.3, 0.4) is 0 Å². The molecule has 24 heavy (non-hydrogen) atoms. The van der Waals surface area contributed by atoms with Crippen molar-refractivity contribution in [2.75, 3.05) is 0 Å². The Morgan fingerprint density at radius 1 is 1.50 bits per heavy atom. The Balaban J connectivity index is 2.14. The van der Waals surface area contributed by atoms with E-state index < -0.39 is 11.0 Å². The van der Waals surface area contributed by atoms with Gasteiger partial charge in [-0.1, -0.05) is 0 Å². The van der Waals surface area contributed by atoms with Crippen molar-refractivity contribution in [1.82, 2.24) is 24.9 Å². The van der Waals surface area contributed by atoms with Crippen LogP contribution in [0.2, 0.25) is 0 Å². The maximum atomic E-state index is 12.4. The number of aryl methyl sites for hydroxylation is 2. The molecule has 0 aliphatic carbocycles. The molecule has 0 aliphatic heterocycles. The molecule has 2 aromatic heterocycles. The van der Waals surface area contributed by atoms with Gasteiger partial charge < -0.3 is 5.32 Å². The van der Waals surface area contributed by atoms with E-state index in [1.165, 1.54) is 4.68 Å². The Kier molecular flexibility index (Phi) is 5.37. The van der Waals surface area contributed by atoms with Crippen molar-refractivity contribution >= 4 is 27.5 Å². The fraction of sp³-hybridized carbons (Fsp3) is 0.500. The van der Waals surface area contributed by atoms with Gasteiger partial charge in [0.2, 0.25) is 5.91 Å². The highest BCUT2D eigenvalue weighted by atomic mass is 79.9. The van der Waals surface area contributed by atoms with Crippen LogP contribution in [0.1, 0.15) is 37.0 Å². The molecule has 2 aromatic rings. The van der Waals surface area contributed by atoms with Crippen LogP contribution in [0, 0.1) is 24.0 Å². The van der Waals surface area contributed by atoms with Gasteiger partial charge in [0.1, 0.15) is 17.4 Å². The number of aromatic nitrogens is 4. The highest BCUT2D eigenvalue weighted by molar-refractivity contribution is 9.10. The number of rotatable bonds is 6. The first-order valence-corrected chi connectivity index (χ1v) is 8.25. The van der Waals surface area contributed by atoms with Crippen LogP contribution in [0.5, 0.6) is 0 Å². The number of nitrogens with one attached hydrogen (secondary N) is 1. The summed E-state index contributed by atoms with van der Waals surface area (Å²) < 4.78 is 3.98. The van der Waals surface area contributed by atoms with Crippen LogP contribution in [0.15, 0.2) is 10.7 Å². The van der Waals surface area contributed by atoms with E-state index in [1.54, 1.807) is 31.6 Å². The highest BCUT2D eigenvalue weighted by Gasteiger charge is 2.27. The molecule has 0 aromatic carbocycles. The number of halogens is 1. The van der Waals surface area contributed by atoms with Crippen molar-refractivity contribution in [3.63, 3.8) is 0 Å². The van der Waals surface area contributed by atoms with E-state index in [-0.39, 0.29) is 11.6 Å². The Morgan fingerprint density at radius 3 is 2.71 bits per heavy atom. The van der Waals surface area contributed by atoms with Crippen LogP contribution in [0.25, 0.3) is 0 Å². The molecule has 0 radical (unpaired) electrons. The molecule has 0 saturated heterocycles. The lowest BCUT2D eigenvalue weighted by Gasteiger charge is -2.14. The molecule has 10 heteroatoms. The summed E-state index contributed by atoms with van der Waals surface area (Å²) in [6.45, 7) is 7.76. The Hall–Kier alpha value is -2.23. The predicted octanol–water partition coefficient (Wildman–Crippen LogP) is 2.26. The molecule has 2 heterocycles. The highest BCUT2D eigenvalue weighted by Crippen LogP contribution is 2.24. The minimum absolute atomic E-state index is 0.0542. The third-order valence-electron chi connectivity index (χ3n) is 3.84. The number of carbonyl (C=O) groups excluding carboxylic acids is 1. The van der Waals surface area contributed by atoms with Crippen molar-refractivity contribution < 1.29 is 9.72 Å². The van der Waals surface area contributed by atoms with Gasteiger partial charge in [-0.25, -0.2) is 0 Å². The predicted molar refractivity (Wildman–Crippen MR) is 90.5 cm³/mol. The minimum Gasteiger partial charge on any atom is -0.349 e. The van der Waals surface area contributed by atoms with Gasteiger partial charge in [-0.2, -0.15) is 10.2 Å². The molecular formula is C14H19BrN6O3. The second-order valence-electron chi connectivity index (χ2n) is 5.37. The molecule has 2 rings (SSSR count). The van der Waals surface area contributed by atoms with Crippen molar-refractivity contribution in [2.45, 2.75) is 46.8 Å². The molecule has 1 N–H and O–H groups in total. The molecule has 1 unspecified atom stereocenters. The number of hydrogen-bond acceptors (Lipinski definition) is 5. The third kappa shape index (κ3) is 3.32. The van der Waals surface area contributed by atoms with E-state index in [1.807, 2.05) is 6.92 Å². The second-order valence-corrected chi connectivity index (χ2v) is 6.22. The summed E-state index contributed by atoms with van der Waals surface area (Å²) in [6.07, 6.45) is 1.68. The monoisotopic (exact) mass is 398 g/mol. The standard InChI is InChI=1S/C14H19BrN6O3/c1-5-19-12(11(15)6-17-19)7-16-14(22)10(4)20-9(3)13(21(23)24)8(2)18-20/h6,10H,5,7H2,1-4H3,(H,16,22). The summed E-state index contributed by atoms with van der Waals surface area (Å²) in [5.74, 6) is -0.272. The molecule has 0 fully saturated rings. The van der Waals surface area contributed by atoms with E-state index in [0.29, 0.717) is 24.5 Å². The average molecular weight is 399 g/mol. The lowest BCUT2D eigenvalue weighted by atomic mass is 10.2. The van der Waals surface area contributed by atoms with E-state index in [9.17, 15) is 14.9 Å². The van der Waals surface area contributed by atoms with E-state index >= 15 is 0 Å². The van der Waals surface area contributed by atoms with Gasteiger partial charge in [0.15, 0.2) is 0 Å². The van der Waals surface area contributed by atoms with Gasteiger partial charge in [0.25, 0.3) is 0 Å². The molecule has 0 saturated carbocycles. The Morgan fingerprint density at radius 2 is 2.17 bits per heavy atom. The first kappa shape index (κ1) is 18.1. The topological polar surface area (TPSA) is 108 Å². The number of amides is 1. The van der Waals surface area contributed by atoms with Crippen LogP contribution >= 0.6 is 15.9 Å². The normalized spacial score (nSPS) is 12.2. The molecule has 0 bridgehead atoms. The lowest BCUT2D eigenvalue weighted by Crippen LogP contribution is -2.32. The Labute approximate surface area is 147 Å². The molecule has 0 aliphatic rings. The number of carbonyl (C=O) groups is 1. The van der Waals surface area contributed by atoms with Crippen LogP contribution in [-0.2, 0) is 17.9 Å². The molecule has 9 nitrogen and oxygen atoms in total. The molecule has 1 amide bonds. The third-order valence-corrected chi connectivity index (χ3v) is 4.51. The van der Waals surface area contributed by atoms with Crippen molar-refractivity contribution in [3.05, 3.63) is 37.9 Å². The number of hydrogen-bond donors (Lipinski definition) is 1. The van der Waals surface area contributed by atoms with E-state index in [2.05, 4.69) is 31.4 Å². The van der Waals surface area contributed by atoms with Gasteiger partial charge in [0.05, 0.1) is 27.8 Å². The van der Waals surface area contributed by atoms with E-state index in [0.717, 1.165) is 10.2 Å². The fourth-order valence-electron chi connectivity index (χ4n) is 2.56. The first-order valence-electron chi connectivity index (χ1n) is 7.45. The lowest BCUT2D eigenvalue weighted by molar-refractivity contribution is -0.386. The maximum absolute atomic E-state index is 12.4. The summed E-state index contributed by atoms with van der Waals surface area (Å²) in [5, 5.41) is 22.2. The second kappa shape index (κ2) is 7.12. The van der Waals surface area contributed by atoms with E-state index in [4.69, 9.17) is 0 Å². The summed E-state index contributed by atoms with van der Waals surface area (Å²) in [4.78, 5) is 23.0. The summed E-state index contributed by atoms with van der Waals surface area (Å²) >= 11 is 3.40. The first-order chi connectivity index (χ1) is 11.3.